The van der Waals surface area contributed by atoms with Gasteiger partial charge in [-0.1, -0.05) is 0 Å². The number of likely N-dealkylation sites (tertiary alicyclic amines) is 1. The maximum absolute atomic E-state index is 5.38. The molecule has 0 aliphatic carbocycles. The van der Waals surface area contributed by atoms with Crippen molar-refractivity contribution < 1.29 is 9.47 Å². The number of hydrogen-bond donors (Lipinski definition) is 1. The van der Waals surface area contributed by atoms with Crippen LogP contribution >= 0.6 is 0 Å². The van der Waals surface area contributed by atoms with E-state index < -0.39 is 0 Å². The maximum Gasteiger partial charge on any atom is 0.122 e. The van der Waals surface area contributed by atoms with E-state index in [0.717, 1.165) is 43.0 Å². The molecule has 0 amide bonds. The quantitative estimate of drug-likeness (QED) is 0.921. The van der Waals surface area contributed by atoms with E-state index >= 15 is 0 Å². The van der Waals surface area contributed by atoms with Crippen molar-refractivity contribution in [3.8, 4) is 11.5 Å². The van der Waals surface area contributed by atoms with Crippen molar-refractivity contribution in [2.24, 2.45) is 11.8 Å². The number of ether oxygens (including phenoxy) is 2. The molecule has 1 N–H and O–H groups in total. The van der Waals surface area contributed by atoms with Gasteiger partial charge in [0.15, 0.2) is 0 Å². The smallest absolute Gasteiger partial charge is 0.122 e. The standard InChI is InChI=1S/C17H26N2O2/c1-17(2)16-9-18-8-13(16)11-19(17)10-12-5-14(20-3)7-15(6-12)21-4/h5-7,13,16,18H,8-11H2,1-4H3. The van der Waals surface area contributed by atoms with Crippen LogP contribution in [-0.2, 0) is 6.54 Å². The highest BCUT2D eigenvalue weighted by molar-refractivity contribution is 5.38. The van der Waals surface area contributed by atoms with E-state index in [1.807, 2.05) is 6.07 Å². The Kier molecular flexibility index (Phi) is 3.84. The summed E-state index contributed by atoms with van der Waals surface area (Å²) in [5, 5.41) is 3.53. The summed E-state index contributed by atoms with van der Waals surface area (Å²) in [5.74, 6) is 3.27. The van der Waals surface area contributed by atoms with Gasteiger partial charge in [-0.25, -0.2) is 0 Å². The first kappa shape index (κ1) is 14.7. The molecule has 2 unspecified atom stereocenters. The summed E-state index contributed by atoms with van der Waals surface area (Å²) < 4.78 is 10.8. The first-order chi connectivity index (χ1) is 10.0. The Morgan fingerprint density at radius 1 is 1.14 bits per heavy atom. The third kappa shape index (κ3) is 2.62. The SMILES string of the molecule is COc1cc(CN2CC3CNCC3C2(C)C)cc(OC)c1. The first-order valence-corrected chi connectivity index (χ1v) is 7.72. The second kappa shape index (κ2) is 5.50. The molecule has 0 aromatic heterocycles. The monoisotopic (exact) mass is 290 g/mol. The maximum atomic E-state index is 5.38. The molecular weight excluding hydrogens is 264 g/mol. The van der Waals surface area contributed by atoms with Crippen molar-refractivity contribution in [3.63, 3.8) is 0 Å². The van der Waals surface area contributed by atoms with Crippen LogP contribution < -0.4 is 14.8 Å². The van der Waals surface area contributed by atoms with Crippen molar-refractivity contribution in [3.05, 3.63) is 23.8 Å². The second-order valence-electron chi connectivity index (χ2n) is 6.78. The van der Waals surface area contributed by atoms with Crippen LogP contribution in [0, 0.1) is 11.8 Å². The van der Waals surface area contributed by atoms with E-state index in [2.05, 4.69) is 36.2 Å². The molecule has 0 spiro atoms. The molecule has 4 nitrogen and oxygen atoms in total. The molecule has 2 fully saturated rings. The van der Waals surface area contributed by atoms with Crippen LogP contribution in [-0.4, -0.2) is 44.3 Å². The number of nitrogens with one attached hydrogen (secondary N) is 1. The van der Waals surface area contributed by atoms with Crippen molar-refractivity contribution in [2.75, 3.05) is 33.9 Å². The van der Waals surface area contributed by atoms with E-state index in [1.165, 1.54) is 12.1 Å². The molecule has 2 heterocycles. The lowest BCUT2D eigenvalue weighted by Crippen LogP contribution is -2.43. The molecule has 1 aromatic rings. The summed E-state index contributed by atoms with van der Waals surface area (Å²) in [4.78, 5) is 2.61. The predicted octanol–water partition coefficient (Wildman–Crippen LogP) is 2.13. The Labute approximate surface area is 127 Å². The third-order valence-electron chi connectivity index (χ3n) is 5.30. The van der Waals surface area contributed by atoms with Crippen LogP contribution in [0.5, 0.6) is 11.5 Å². The largest absolute Gasteiger partial charge is 0.497 e. The average molecular weight is 290 g/mol. The zero-order valence-corrected chi connectivity index (χ0v) is 13.5. The van der Waals surface area contributed by atoms with Crippen LogP contribution in [0.3, 0.4) is 0 Å². The van der Waals surface area contributed by atoms with E-state index in [9.17, 15) is 0 Å². The fourth-order valence-electron chi connectivity index (χ4n) is 3.95. The van der Waals surface area contributed by atoms with Crippen molar-refractivity contribution in [1.82, 2.24) is 10.2 Å². The number of methoxy groups -OCH3 is 2. The first-order valence-electron chi connectivity index (χ1n) is 7.72. The molecule has 2 aliphatic heterocycles. The lowest BCUT2D eigenvalue weighted by Gasteiger charge is -2.35. The van der Waals surface area contributed by atoms with Crippen molar-refractivity contribution in [1.29, 1.82) is 0 Å². The number of nitrogens with zero attached hydrogens (tertiary/aromatic N) is 1. The van der Waals surface area contributed by atoms with Crippen molar-refractivity contribution in [2.45, 2.75) is 25.9 Å². The van der Waals surface area contributed by atoms with E-state index in [4.69, 9.17) is 9.47 Å². The molecule has 0 saturated carbocycles. The zero-order chi connectivity index (χ0) is 15.0. The molecule has 1 aromatic carbocycles. The highest BCUT2D eigenvalue weighted by Crippen LogP contribution is 2.41. The Morgan fingerprint density at radius 3 is 2.38 bits per heavy atom. The zero-order valence-electron chi connectivity index (χ0n) is 13.5. The molecule has 2 saturated heterocycles. The Balaban J connectivity index is 1.80. The fraction of sp³-hybridized carbons (Fsp3) is 0.647. The summed E-state index contributed by atoms with van der Waals surface area (Å²) in [5.41, 5.74) is 1.50. The molecule has 21 heavy (non-hydrogen) atoms. The van der Waals surface area contributed by atoms with Gasteiger partial charge in [-0.3, -0.25) is 4.90 Å². The minimum Gasteiger partial charge on any atom is -0.497 e. The van der Waals surface area contributed by atoms with Crippen LogP contribution in [0.15, 0.2) is 18.2 Å². The van der Waals surface area contributed by atoms with Gasteiger partial charge in [0.25, 0.3) is 0 Å². The van der Waals surface area contributed by atoms with Gasteiger partial charge < -0.3 is 14.8 Å². The molecule has 0 bridgehead atoms. The van der Waals surface area contributed by atoms with Gasteiger partial charge in [0.2, 0.25) is 0 Å². The summed E-state index contributed by atoms with van der Waals surface area (Å²) in [6.07, 6.45) is 0. The van der Waals surface area contributed by atoms with Gasteiger partial charge in [0.1, 0.15) is 11.5 Å². The normalized spacial score (nSPS) is 27.6. The topological polar surface area (TPSA) is 33.7 Å². The Hall–Kier alpha value is -1.26. The molecule has 3 rings (SSSR count). The lowest BCUT2D eigenvalue weighted by molar-refractivity contribution is 0.132. The summed E-state index contributed by atoms with van der Waals surface area (Å²) in [6.45, 7) is 9.18. The van der Waals surface area contributed by atoms with Gasteiger partial charge in [-0.2, -0.15) is 0 Å². The number of benzene rings is 1. The number of fused-ring (bicyclic) bond motifs is 1. The van der Waals surface area contributed by atoms with Crippen molar-refractivity contribution >= 4 is 0 Å². The Morgan fingerprint density at radius 2 is 1.81 bits per heavy atom. The number of hydrogen-bond acceptors (Lipinski definition) is 4. The minimum atomic E-state index is 0.241. The molecular formula is C17H26N2O2. The molecule has 4 heteroatoms. The van der Waals surface area contributed by atoms with E-state index in [0.29, 0.717) is 0 Å². The van der Waals surface area contributed by atoms with Crippen LogP contribution in [0.25, 0.3) is 0 Å². The van der Waals surface area contributed by atoms with E-state index in [-0.39, 0.29) is 5.54 Å². The van der Waals surface area contributed by atoms with Gasteiger partial charge in [0.05, 0.1) is 14.2 Å². The molecule has 116 valence electrons. The highest BCUT2D eigenvalue weighted by atomic mass is 16.5. The fourth-order valence-corrected chi connectivity index (χ4v) is 3.95. The third-order valence-corrected chi connectivity index (χ3v) is 5.30. The van der Waals surface area contributed by atoms with Gasteiger partial charge in [0, 0.05) is 31.2 Å². The van der Waals surface area contributed by atoms with Gasteiger partial charge in [-0.15, -0.1) is 0 Å². The summed E-state index contributed by atoms with van der Waals surface area (Å²) in [7, 11) is 3.41. The van der Waals surface area contributed by atoms with E-state index in [1.54, 1.807) is 14.2 Å². The van der Waals surface area contributed by atoms with Gasteiger partial charge in [-0.05, 0) is 49.9 Å². The second-order valence-corrected chi connectivity index (χ2v) is 6.78. The summed E-state index contributed by atoms with van der Waals surface area (Å²) >= 11 is 0. The molecule has 2 atom stereocenters. The van der Waals surface area contributed by atoms with Gasteiger partial charge >= 0.3 is 0 Å². The summed E-state index contributed by atoms with van der Waals surface area (Å²) in [6, 6.07) is 6.16. The predicted molar refractivity (Wildman–Crippen MR) is 83.9 cm³/mol. The highest BCUT2D eigenvalue weighted by Gasteiger charge is 2.49. The Bertz CT molecular complexity index is 493. The van der Waals surface area contributed by atoms with Crippen LogP contribution in [0.4, 0.5) is 0 Å². The number of rotatable bonds is 4. The average Bonchev–Trinajstić information content (AvgIpc) is 3.02. The minimum absolute atomic E-state index is 0.241. The lowest BCUT2D eigenvalue weighted by atomic mass is 9.85. The molecule has 2 aliphatic rings. The van der Waals surface area contributed by atoms with Crippen LogP contribution in [0.1, 0.15) is 19.4 Å². The molecule has 0 radical (unpaired) electrons. The van der Waals surface area contributed by atoms with Crippen LogP contribution in [0.2, 0.25) is 0 Å².